The number of carbonyl (C=O) groups excluding carboxylic acids is 1. The Bertz CT molecular complexity index is 375. The maximum Gasteiger partial charge on any atom is 0.269 e. The molecule has 1 rings (SSSR count). The maximum atomic E-state index is 11.0. The summed E-state index contributed by atoms with van der Waals surface area (Å²) in [5.41, 5.74) is 0.963. The van der Waals surface area contributed by atoms with E-state index in [4.69, 9.17) is 0 Å². The number of ketones is 1. The molecule has 0 fully saturated rings. The molecule has 0 amide bonds. The SMILES string of the molecule is CC(=O)C(Br)Cc1ccc([N+](=O)[O-])cc1. The van der Waals surface area contributed by atoms with Gasteiger partial charge >= 0.3 is 0 Å². The first kappa shape index (κ1) is 11.8. The second kappa shape index (κ2) is 5.02. The Morgan fingerprint density at radius 3 is 2.40 bits per heavy atom. The van der Waals surface area contributed by atoms with Crippen LogP contribution in [0.1, 0.15) is 12.5 Å². The molecule has 5 heteroatoms. The van der Waals surface area contributed by atoms with E-state index in [0.29, 0.717) is 6.42 Å². The normalized spacial score (nSPS) is 12.1. The lowest BCUT2D eigenvalue weighted by molar-refractivity contribution is -0.384. The van der Waals surface area contributed by atoms with Crippen LogP contribution < -0.4 is 0 Å². The number of alkyl halides is 1. The van der Waals surface area contributed by atoms with E-state index in [-0.39, 0.29) is 16.3 Å². The summed E-state index contributed by atoms with van der Waals surface area (Å²) in [6.45, 7) is 1.50. The summed E-state index contributed by atoms with van der Waals surface area (Å²) in [6.07, 6.45) is 0.549. The van der Waals surface area contributed by atoms with Gasteiger partial charge in [-0.05, 0) is 18.9 Å². The number of nitrogens with zero attached hydrogens (tertiary/aromatic N) is 1. The largest absolute Gasteiger partial charge is 0.299 e. The van der Waals surface area contributed by atoms with E-state index >= 15 is 0 Å². The molecule has 0 saturated heterocycles. The number of rotatable bonds is 4. The Morgan fingerprint density at radius 1 is 1.47 bits per heavy atom. The average molecular weight is 272 g/mol. The van der Waals surface area contributed by atoms with Gasteiger partial charge in [-0.25, -0.2) is 0 Å². The summed E-state index contributed by atoms with van der Waals surface area (Å²) in [7, 11) is 0. The summed E-state index contributed by atoms with van der Waals surface area (Å²) < 4.78 is 0. The van der Waals surface area contributed by atoms with Gasteiger partial charge in [0.25, 0.3) is 5.69 Å². The van der Waals surface area contributed by atoms with Crippen molar-refractivity contribution >= 4 is 27.4 Å². The molecule has 1 aromatic carbocycles. The van der Waals surface area contributed by atoms with Crippen molar-refractivity contribution in [2.45, 2.75) is 18.2 Å². The number of Topliss-reactive ketones (excluding diaryl/α,β-unsaturated/α-hetero) is 1. The number of carbonyl (C=O) groups is 1. The van der Waals surface area contributed by atoms with E-state index in [1.165, 1.54) is 19.1 Å². The predicted octanol–water partition coefficient (Wildman–Crippen LogP) is 2.49. The lowest BCUT2D eigenvalue weighted by Gasteiger charge is -2.04. The molecule has 15 heavy (non-hydrogen) atoms. The van der Waals surface area contributed by atoms with Crippen molar-refractivity contribution in [2.24, 2.45) is 0 Å². The Balaban J connectivity index is 2.72. The molecule has 1 unspecified atom stereocenters. The average Bonchev–Trinajstić information content (AvgIpc) is 2.18. The first-order chi connectivity index (χ1) is 7.00. The molecule has 0 aliphatic heterocycles. The molecule has 0 aliphatic rings. The number of hydrogen-bond donors (Lipinski definition) is 0. The Hall–Kier alpha value is -1.23. The first-order valence-corrected chi connectivity index (χ1v) is 5.30. The van der Waals surface area contributed by atoms with Gasteiger partial charge in [0.2, 0.25) is 0 Å². The zero-order chi connectivity index (χ0) is 11.4. The molecule has 0 spiro atoms. The van der Waals surface area contributed by atoms with E-state index < -0.39 is 4.92 Å². The van der Waals surface area contributed by atoms with Crippen molar-refractivity contribution < 1.29 is 9.72 Å². The van der Waals surface area contributed by atoms with Crippen LogP contribution in [0.25, 0.3) is 0 Å². The number of hydrogen-bond acceptors (Lipinski definition) is 3. The molecule has 0 heterocycles. The third-order valence-corrected chi connectivity index (χ3v) is 2.97. The molecular weight excluding hydrogens is 262 g/mol. The quantitative estimate of drug-likeness (QED) is 0.480. The van der Waals surface area contributed by atoms with Crippen LogP contribution in [-0.4, -0.2) is 15.5 Å². The second-order valence-electron chi connectivity index (χ2n) is 3.21. The van der Waals surface area contributed by atoms with Gasteiger partial charge in [-0.3, -0.25) is 14.9 Å². The van der Waals surface area contributed by atoms with Gasteiger partial charge in [-0.2, -0.15) is 0 Å². The lowest BCUT2D eigenvalue weighted by atomic mass is 10.1. The highest BCUT2D eigenvalue weighted by molar-refractivity contribution is 9.10. The summed E-state index contributed by atoms with van der Waals surface area (Å²) in [6, 6.07) is 6.20. The maximum absolute atomic E-state index is 11.0. The highest BCUT2D eigenvalue weighted by Crippen LogP contribution is 2.15. The standard InChI is InChI=1S/C10H10BrNO3/c1-7(13)10(11)6-8-2-4-9(5-3-8)12(14)15/h2-5,10H,6H2,1H3. The van der Waals surface area contributed by atoms with Crippen LogP contribution in [0, 0.1) is 10.1 Å². The van der Waals surface area contributed by atoms with E-state index in [1.807, 2.05) is 0 Å². The van der Waals surface area contributed by atoms with Gasteiger partial charge in [-0.1, -0.05) is 28.1 Å². The minimum absolute atomic E-state index is 0.0494. The van der Waals surface area contributed by atoms with Gasteiger partial charge in [0.05, 0.1) is 9.75 Å². The zero-order valence-corrected chi connectivity index (χ0v) is 9.73. The highest BCUT2D eigenvalue weighted by Gasteiger charge is 2.11. The minimum Gasteiger partial charge on any atom is -0.299 e. The van der Waals surface area contributed by atoms with Crippen LogP contribution in [-0.2, 0) is 11.2 Å². The van der Waals surface area contributed by atoms with Gasteiger partial charge in [0.1, 0.15) is 5.78 Å². The van der Waals surface area contributed by atoms with Crippen molar-refractivity contribution in [3.8, 4) is 0 Å². The number of halogens is 1. The molecular formula is C10H10BrNO3. The Kier molecular flexibility index (Phi) is 3.96. The predicted molar refractivity (Wildman–Crippen MR) is 60.2 cm³/mol. The summed E-state index contributed by atoms with van der Waals surface area (Å²) in [5, 5.41) is 10.4. The minimum atomic E-state index is -0.444. The second-order valence-corrected chi connectivity index (χ2v) is 4.31. The molecule has 0 N–H and O–H groups in total. The van der Waals surface area contributed by atoms with Crippen molar-refractivity contribution in [1.29, 1.82) is 0 Å². The number of non-ortho nitro benzene ring substituents is 1. The van der Waals surface area contributed by atoms with E-state index in [1.54, 1.807) is 12.1 Å². The molecule has 0 aliphatic carbocycles. The summed E-state index contributed by atoms with van der Waals surface area (Å²) in [5.74, 6) is 0.0494. The summed E-state index contributed by atoms with van der Waals surface area (Å²) in [4.78, 5) is 20.7. The molecule has 4 nitrogen and oxygen atoms in total. The van der Waals surface area contributed by atoms with Gasteiger partial charge in [0.15, 0.2) is 0 Å². The Labute approximate surface area is 95.6 Å². The molecule has 0 saturated carbocycles. The van der Waals surface area contributed by atoms with Crippen molar-refractivity contribution in [3.63, 3.8) is 0 Å². The number of nitro benzene ring substituents is 1. The number of benzene rings is 1. The Morgan fingerprint density at radius 2 is 2.00 bits per heavy atom. The third-order valence-electron chi connectivity index (χ3n) is 2.00. The van der Waals surface area contributed by atoms with Crippen LogP contribution in [0.4, 0.5) is 5.69 Å². The number of nitro groups is 1. The monoisotopic (exact) mass is 271 g/mol. The van der Waals surface area contributed by atoms with Crippen molar-refractivity contribution in [3.05, 3.63) is 39.9 Å². The fraction of sp³-hybridized carbons (Fsp3) is 0.300. The molecule has 1 aromatic rings. The van der Waals surface area contributed by atoms with Gasteiger partial charge in [0, 0.05) is 12.1 Å². The van der Waals surface area contributed by atoms with Crippen molar-refractivity contribution in [2.75, 3.05) is 0 Å². The van der Waals surface area contributed by atoms with Crippen LogP contribution in [0.2, 0.25) is 0 Å². The summed E-state index contributed by atoms with van der Waals surface area (Å²) >= 11 is 3.24. The molecule has 1 atom stereocenters. The highest BCUT2D eigenvalue weighted by atomic mass is 79.9. The van der Waals surface area contributed by atoms with Crippen LogP contribution >= 0.6 is 15.9 Å². The van der Waals surface area contributed by atoms with Gasteiger partial charge < -0.3 is 0 Å². The fourth-order valence-electron chi connectivity index (χ4n) is 1.10. The van der Waals surface area contributed by atoms with Gasteiger partial charge in [-0.15, -0.1) is 0 Å². The first-order valence-electron chi connectivity index (χ1n) is 4.38. The molecule has 0 radical (unpaired) electrons. The van der Waals surface area contributed by atoms with E-state index in [2.05, 4.69) is 15.9 Å². The van der Waals surface area contributed by atoms with E-state index in [0.717, 1.165) is 5.56 Å². The lowest BCUT2D eigenvalue weighted by Crippen LogP contribution is -2.12. The van der Waals surface area contributed by atoms with Crippen molar-refractivity contribution in [1.82, 2.24) is 0 Å². The topological polar surface area (TPSA) is 60.2 Å². The molecule has 0 aromatic heterocycles. The van der Waals surface area contributed by atoms with Crippen LogP contribution in [0.15, 0.2) is 24.3 Å². The smallest absolute Gasteiger partial charge is 0.269 e. The van der Waals surface area contributed by atoms with E-state index in [9.17, 15) is 14.9 Å². The fourth-order valence-corrected chi connectivity index (χ4v) is 1.48. The zero-order valence-electron chi connectivity index (χ0n) is 8.14. The third kappa shape index (κ3) is 3.43. The van der Waals surface area contributed by atoms with Crippen LogP contribution in [0.3, 0.4) is 0 Å². The molecule has 0 bridgehead atoms. The molecule has 80 valence electrons. The van der Waals surface area contributed by atoms with Crippen LogP contribution in [0.5, 0.6) is 0 Å².